The average Bonchev–Trinajstić information content (AvgIpc) is 2.36. The molecule has 20 heavy (non-hydrogen) atoms. The number of rotatable bonds is 4. The smallest absolute Gasteiger partial charge is 0.412 e. The number of benzene rings is 1. The van der Waals surface area contributed by atoms with Crippen molar-refractivity contribution in [3.63, 3.8) is 0 Å². The highest BCUT2D eigenvalue weighted by Crippen LogP contribution is 2.27. The summed E-state index contributed by atoms with van der Waals surface area (Å²) in [5.41, 5.74) is 5.79. The van der Waals surface area contributed by atoms with Gasteiger partial charge in [-0.2, -0.15) is 0 Å². The lowest BCUT2D eigenvalue weighted by Crippen LogP contribution is -2.28. The molecule has 0 unspecified atom stereocenters. The fraction of sp³-hybridized carbons (Fsp3) is 0.500. The van der Waals surface area contributed by atoms with Crippen LogP contribution in [-0.2, 0) is 4.74 Å². The highest BCUT2D eigenvalue weighted by atomic mass is 16.6. The van der Waals surface area contributed by atoms with E-state index in [9.17, 15) is 9.90 Å². The molecule has 4 N–H and O–H groups in total. The monoisotopic (exact) mass is 282 g/mol. The van der Waals surface area contributed by atoms with Gasteiger partial charge in [-0.3, -0.25) is 5.32 Å². The van der Waals surface area contributed by atoms with Gasteiger partial charge in [0.25, 0.3) is 0 Å². The van der Waals surface area contributed by atoms with Crippen LogP contribution in [0.2, 0.25) is 0 Å². The van der Waals surface area contributed by atoms with E-state index >= 15 is 0 Å². The molecular formula is C14H22N2O4. The Morgan fingerprint density at radius 1 is 1.45 bits per heavy atom. The van der Waals surface area contributed by atoms with Crippen molar-refractivity contribution in [1.82, 2.24) is 0 Å². The average molecular weight is 282 g/mol. The molecule has 6 nitrogen and oxygen atoms in total. The fourth-order valence-corrected chi connectivity index (χ4v) is 1.60. The molecule has 0 aliphatic rings. The zero-order chi connectivity index (χ0) is 15.3. The Bertz CT molecular complexity index is 469. The molecule has 1 atom stereocenters. The quantitative estimate of drug-likeness (QED) is 0.785. The van der Waals surface area contributed by atoms with E-state index < -0.39 is 17.8 Å². The second-order valence-electron chi connectivity index (χ2n) is 5.33. The number of methoxy groups -OCH3 is 1. The molecule has 0 radical (unpaired) electrons. The predicted octanol–water partition coefficient (Wildman–Crippen LogP) is 2.03. The van der Waals surface area contributed by atoms with Crippen LogP contribution in [-0.4, -0.2) is 30.5 Å². The molecule has 1 rings (SSSR count). The Hall–Kier alpha value is -1.79. The first kappa shape index (κ1) is 16.3. The van der Waals surface area contributed by atoms with Crippen LogP contribution in [0.1, 0.15) is 32.4 Å². The number of nitrogens with one attached hydrogen (secondary N) is 1. The van der Waals surface area contributed by atoms with Crippen LogP contribution in [0.3, 0.4) is 0 Å². The first-order valence-electron chi connectivity index (χ1n) is 6.33. The van der Waals surface area contributed by atoms with Crippen LogP contribution in [0.15, 0.2) is 18.2 Å². The number of ether oxygens (including phenoxy) is 2. The summed E-state index contributed by atoms with van der Waals surface area (Å²) in [6.07, 6.45) is -1.48. The molecular weight excluding hydrogens is 260 g/mol. The molecule has 1 amide bonds. The molecule has 1 aromatic carbocycles. The Morgan fingerprint density at radius 3 is 2.60 bits per heavy atom. The van der Waals surface area contributed by atoms with Crippen LogP contribution in [0.4, 0.5) is 10.5 Å². The number of amides is 1. The van der Waals surface area contributed by atoms with Gasteiger partial charge in [0.1, 0.15) is 11.4 Å². The molecule has 0 fully saturated rings. The van der Waals surface area contributed by atoms with E-state index in [2.05, 4.69) is 5.32 Å². The molecule has 0 aromatic heterocycles. The van der Waals surface area contributed by atoms with Crippen molar-refractivity contribution >= 4 is 11.8 Å². The van der Waals surface area contributed by atoms with E-state index in [1.807, 2.05) is 0 Å². The first-order valence-corrected chi connectivity index (χ1v) is 6.33. The maximum atomic E-state index is 11.8. The van der Waals surface area contributed by atoms with Crippen LogP contribution >= 0.6 is 0 Å². The predicted molar refractivity (Wildman–Crippen MR) is 76.9 cm³/mol. The lowest BCUT2D eigenvalue weighted by molar-refractivity contribution is 0.0635. The lowest BCUT2D eigenvalue weighted by Gasteiger charge is -2.21. The van der Waals surface area contributed by atoms with E-state index in [1.165, 1.54) is 7.11 Å². The molecule has 0 saturated carbocycles. The van der Waals surface area contributed by atoms with Crippen molar-refractivity contribution in [2.45, 2.75) is 32.5 Å². The van der Waals surface area contributed by atoms with Gasteiger partial charge in [-0.15, -0.1) is 0 Å². The Labute approximate surface area is 118 Å². The second-order valence-corrected chi connectivity index (χ2v) is 5.33. The minimum absolute atomic E-state index is 0.0379. The fourth-order valence-electron chi connectivity index (χ4n) is 1.60. The van der Waals surface area contributed by atoms with Crippen molar-refractivity contribution in [2.24, 2.45) is 5.73 Å². The van der Waals surface area contributed by atoms with E-state index in [0.29, 0.717) is 17.0 Å². The minimum atomic E-state index is -0.893. The Kier molecular flexibility index (Phi) is 5.35. The normalized spacial score (nSPS) is 12.7. The summed E-state index contributed by atoms with van der Waals surface area (Å²) < 4.78 is 10.3. The molecule has 0 spiro atoms. The number of aliphatic hydroxyl groups excluding tert-OH is 1. The van der Waals surface area contributed by atoms with Crippen LogP contribution in [0.5, 0.6) is 5.75 Å². The van der Waals surface area contributed by atoms with Gasteiger partial charge in [-0.05, 0) is 39.0 Å². The third-order valence-corrected chi connectivity index (χ3v) is 2.48. The zero-order valence-electron chi connectivity index (χ0n) is 12.3. The summed E-state index contributed by atoms with van der Waals surface area (Å²) in [5.74, 6) is 0.572. The Balaban J connectivity index is 2.96. The van der Waals surface area contributed by atoms with E-state index in [4.69, 9.17) is 15.2 Å². The zero-order valence-corrected chi connectivity index (χ0v) is 12.3. The van der Waals surface area contributed by atoms with Crippen LogP contribution in [0, 0.1) is 0 Å². The number of carbonyl (C=O) groups excluding carboxylic acids is 1. The standard InChI is InChI=1S/C14H22N2O4/c1-14(2,3)20-13(18)16-11-6-5-9(19-4)7-10(11)12(17)8-15/h5-7,12,17H,8,15H2,1-4H3,(H,16,18)/t12-/m0/s1. The summed E-state index contributed by atoms with van der Waals surface area (Å²) in [5, 5.41) is 12.5. The first-order chi connectivity index (χ1) is 9.26. The number of nitrogens with two attached hydrogens (primary N) is 1. The van der Waals surface area contributed by atoms with Gasteiger partial charge in [0.2, 0.25) is 0 Å². The Morgan fingerprint density at radius 2 is 2.10 bits per heavy atom. The summed E-state index contributed by atoms with van der Waals surface area (Å²) in [6, 6.07) is 4.95. The van der Waals surface area contributed by atoms with E-state index in [0.717, 1.165) is 0 Å². The highest BCUT2D eigenvalue weighted by Gasteiger charge is 2.19. The topological polar surface area (TPSA) is 93.8 Å². The summed E-state index contributed by atoms with van der Waals surface area (Å²) in [7, 11) is 1.52. The third kappa shape index (κ3) is 4.71. The second kappa shape index (κ2) is 6.58. The summed E-state index contributed by atoms with van der Waals surface area (Å²) >= 11 is 0. The number of carbonyl (C=O) groups is 1. The van der Waals surface area contributed by atoms with Crippen molar-refractivity contribution in [1.29, 1.82) is 0 Å². The number of aliphatic hydroxyl groups is 1. The van der Waals surface area contributed by atoms with Gasteiger partial charge < -0.3 is 20.3 Å². The molecule has 0 aliphatic carbocycles. The van der Waals surface area contributed by atoms with Gasteiger partial charge in [0.05, 0.1) is 18.9 Å². The van der Waals surface area contributed by atoms with Crippen molar-refractivity contribution in [3.05, 3.63) is 23.8 Å². The van der Waals surface area contributed by atoms with Gasteiger partial charge in [-0.1, -0.05) is 0 Å². The van der Waals surface area contributed by atoms with Crippen LogP contribution in [0.25, 0.3) is 0 Å². The largest absolute Gasteiger partial charge is 0.497 e. The SMILES string of the molecule is COc1ccc(NC(=O)OC(C)(C)C)c([C@@H](O)CN)c1. The van der Waals surface area contributed by atoms with Gasteiger partial charge in [0, 0.05) is 12.1 Å². The van der Waals surface area contributed by atoms with Gasteiger partial charge >= 0.3 is 6.09 Å². The number of anilines is 1. The van der Waals surface area contributed by atoms with Gasteiger partial charge in [-0.25, -0.2) is 4.79 Å². The van der Waals surface area contributed by atoms with E-state index in [-0.39, 0.29) is 6.54 Å². The number of hydrogen-bond donors (Lipinski definition) is 3. The highest BCUT2D eigenvalue weighted by molar-refractivity contribution is 5.86. The molecule has 6 heteroatoms. The molecule has 0 heterocycles. The summed E-state index contributed by atoms with van der Waals surface area (Å²) in [6.45, 7) is 5.36. The third-order valence-electron chi connectivity index (χ3n) is 2.48. The maximum Gasteiger partial charge on any atom is 0.412 e. The van der Waals surface area contributed by atoms with E-state index in [1.54, 1.807) is 39.0 Å². The van der Waals surface area contributed by atoms with Gasteiger partial charge in [0.15, 0.2) is 0 Å². The molecule has 0 saturated heterocycles. The molecule has 1 aromatic rings. The number of hydrogen-bond acceptors (Lipinski definition) is 5. The van der Waals surface area contributed by atoms with Crippen molar-refractivity contribution < 1.29 is 19.4 Å². The summed E-state index contributed by atoms with van der Waals surface area (Å²) in [4.78, 5) is 11.8. The van der Waals surface area contributed by atoms with Crippen molar-refractivity contribution in [3.8, 4) is 5.75 Å². The van der Waals surface area contributed by atoms with Crippen molar-refractivity contribution in [2.75, 3.05) is 19.0 Å². The molecule has 112 valence electrons. The maximum absolute atomic E-state index is 11.8. The molecule has 0 bridgehead atoms. The molecule has 0 aliphatic heterocycles. The minimum Gasteiger partial charge on any atom is -0.497 e. The van der Waals surface area contributed by atoms with Crippen LogP contribution < -0.4 is 15.8 Å². The lowest BCUT2D eigenvalue weighted by atomic mass is 10.1.